The number of halogens is 1. The number of imide groups is 1. The fraction of sp³-hybridized carbons (Fsp3) is 0.320. The Bertz CT molecular complexity index is 1340. The summed E-state index contributed by atoms with van der Waals surface area (Å²) in [6.45, 7) is 3.89. The Labute approximate surface area is 201 Å². The third kappa shape index (κ3) is 3.16. The first kappa shape index (κ1) is 22.3. The van der Waals surface area contributed by atoms with Gasteiger partial charge < -0.3 is 19.9 Å². The normalized spacial score (nSPS) is 20.4. The molecule has 3 aromatic rings. The van der Waals surface area contributed by atoms with Crippen LogP contribution in [0.1, 0.15) is 30.7 Å². The molecule has 0 radical (unpaired) electrons. The van der Waals surface area contributed by atoms with Gasteiger partial charge in [-0.15, -0.1) is 0 Å². The van der Waals surface area contributed by atoms with Crippen LogP contribution in [0.4, 0.5) is 4.79 Å². The molecule has 2 aromatic carbocycles. The van der Waals surface area contributed by atoms with E-state index in [0.717, 1.165) is 32.7 Å². The molecule has 8 nitrogen and oxygen atoms in total. The molecule has 0 saturated carbocycles. The molecule has 4 amide bonds. The number of nitrogens with zero attached hydrogens (tertiary/aromatic N) is 2. The Kier molecular flexibility index (Phi) is 5.28. The molecule has 34 heavy (non-hydrogen) atoms. The monoisotopic (exact) mass is 480 g/mol. The Morgan fingerprint density at radius 2 is 2.03 bits per heavy atom. The van der Waals surface area contributed by atoms with Crippen molar-refractivity contribution in [3.8, 4) is 5.75 Å². The van der Waals surface area contributed by atoms with Gasteiger partial charge in [-0.05, 0) is 55.7 Å². The number of carbonyl (C=O) groups excluding carboxylic acids is 3. The fourth-order valence-electron chi connectivity index (χ4n) is 5.00. The van der Waals surface area contributed by atoms with Gasteiger partial charge in [-0.2, -0.15) is 0 Å². The number of amides is 4. The van der Waals surface area contributed by atoms with Crippen molar-refractivity contribution in [2.75, 3.05) is 13.7 Å². The molecule has 3 heterocycles. The maximum Gasteiger partial charge on any atom is 0.328 e. The van der Waals surface area contributed by atoms with E-state index in [9.17, 15) is 14.4 Å². The highest BCUT2D eigenvalue weighted by Crippen LogP contribution is 2.45. The zero-order chi connectivity index (χ0) is 24.2. The van der Waals surface area contributed by atoms with Crippen LogP contribution in [0.3, 0.4) is 0 Å². The van der Waals surface area contributed by atoms with Crippen molar-refractivity contribution in [2.45, 2.75) is 38.4 Å². The molecule has 0 bridgehead atoms. The lowest BCUT2D eigenvalue weighted by molar-refractivity contribution is -0.139. The van der Waals surface area contributed by atoms with Gasteiger partial charge in [0.05, 0.1) is 12.8 Å². The largest absolute Gasteiger partial charge is 0.497 e. The standard InChI is InChI=1S/C25H25ClN4O4/c1-14(22(31)27-13-15-6-4-5-7-19(15)26)30-23(32)25(2)21-17(10-11-29(25)24(30)33)18-12-16(34-3)8-9-20(18)28-21/h4-9,12,14,28H,10-11,13H2,1-3H3,(H,27,31)/t14-,25-/m0/s1. The van der Waals surface area contributed by atoms with Crippen LogP contribution in [0.25, 0.3) is 10.9 Å². The summed E-state index contributed by atoms with van der Waals surface area (Å²) < 4.78 is 5.36. The van der Waals surface area contributed by atoms with Crippen molar-refractivity contribution < 1.29 is 19.1 Å². The first-order valence-corrected chi connectivity index (χ1v) is 11.5. The van der Waals surface area contributed by atoms with Crippen LogP contribution >= 0.6 is 11.6 Å². The molecule has 1 fully saturated rings. The van der Waals surface area contributed by atoms with Gasteiger partial charge in [-0.1, -0.05) is 29.8 Å². The van der Waals surface area contributed by atoms with E-state index in [4.69, 9.17) is 16.3 Å². The van der Waals surface area contributed by atoms with Crippen LogP contribution in [-0.4, -0.2) is 52.3 Å². The lowest BCUT2D eigenvalue weighted by Crippen LogP contribution is -2.49. The summed E-state index contributed by atoms with van der Waals surface area (Å²) in [7, 11) is 1.61. The third-order valence-corrected chi connectivity index (χ3v) is 7.34. The topological polar surface area (TPSA) is 94.7 Å². The van der Waals surface area contributed by atoms with E-state index in [-0.39, 0.29) is 6.54 Å². The smallest absolute Gasteiger partial charge is 0.328 e. The van der Waals surface area contributed by atoms with Crippen molar-refractivity contribution in [2.24, 2.45) is 0 Å². The molecule has 1 aromatic heterocycles. The molecule has 0 aliphatic carbocycles. The molecule has 2 aliphatic rings. The van der Waals surface area contributed by atoms with E-state index in [1.807, 2.05) is 36.4 Å². The zero-order valence-corrected chi connectivity index (χ0v) is 19.9. The van der Waals surface area contributed by atoms with Crippen LogP contribution in [0.2, 0.25) is 5.02 Å². The number of rotatable bonds is 5. The lowest BCUT2D eigenvalue weighted by atomic mass is 9.87. The molecule has 176 valence electrons. The molecule has 9 heteroatoms. The second-order valence-electron chi connectivity index (χ2n) is 8.81. The molecular formula is C25H25ClN4O4. The van der Waals surface area contributed by atoms with Gasteiger partial charge in [-0.3, -0.25) is 9.59 Å². The van der Waals surface area contributed by atoms with E-state index in [1.165, 1.54) is 0 Å². The summed E-state index contributed by atoms with van der Waals surface area (Å²) in [5.41, 5.74) is 2.09. The predicted molar refractivity (Wildman–Crippen MR) is 128 cm³/mol. The van der Waals surface area contributed by atoms with Gasteiger partial charge >= 0.3 is 6.03 Å². The molecule has 1 saturated heterocycles. The van der Waals surface area contributed by atoms with Gasteiger partial charge in [0, 0.05) is 29.0 Å². The molecule has 2 N–H and O–H groups in total. The quantitative estimate of drug-likeness (QED) is 0.546. The van der Waals surface area contributed by atoms with Crippen LogP contribution in [0.5, 0.6) is 5.75 Å². The van der Waals surface area contributed by atoms with Crippen LogP contribution in [0, 0.1) is 0 Å². The Morgan fingerprint density at radius 1 is 1.26 bits per heavy atom. The number of urea groups is 1. The van der Waals surface area contributed by atoms with E-state index in [0.29, 0.717) is 23.7 Å². The SMILES string of the molecule is COc1ccc2[nH]c3c(c2c1)CCN1C(=O)N([C@@H](C)C(=O)NCc2ccccc2Cl)C(=O)[C@]31C. The average Bonchev–Trinajstić information content (AvgIpc) is 3.30. The van der Waals surface area contributed by atoms with E-state index in [1.54, 1.807) is 31.9 Å². The number of fused-ring (bicyclic) bond motifs is 5. The minimum absolute atomic E-state index is 0.202. The van der Waals surface area contributed by atoms with Crippen LogP contribution < -0.4 is 10.1 Å². The summed E-state index contributed by atoms with van der Waals surface area (Å²) >= 11 is 6.17. The molecular weight excluding hydrogens is 456 g/mol. The first-order chi connectivity index (χ1) is 16.3. The van der Waals surface area contributed by atoms with Crippen molar-refractivity contribution in [1.29, 1.82) is 0 Å². The van der Waals surface area contributed by atoms with Gasteiger partial charge in [0.2, 0.25) is 5.91 Å². The number of carbonyl (C=O) groups is 3. The van der Waals surface area contributed by atoms with Crippen molar-refractivity contribution in [1.82, 2.24) is 20.1 Å². The lowest BCUT2D eigenvalue weighted by Gasteiger charge is -2.36. The number of aromatic amines is 1. The predicted octanol–water partition coefficient (Wildman–Crippen LogP) is 3.57. The fourth-order valence-corrected chi connectivity index (χ4v) is 5.21. The number of nitrogens with one attached hydrogen (secondary N) is 2. The maximum absolute atomic E-state index is 13.7. The summed E-state index contributed by atoms with van der Waals surface area (Å²) in [4.78, 5) is 46.0. The van der Waals surface area contributed by atoms with Crippen molar-refractivity contribution in [3.05, 3.63) is 64.3 Å². The Balaban J connectivity index is 1.44. The average molecular weight is 481 g/mol. The van der Waals surface area contributed by atoms with Gasteiger partial charge in [0.1, 0.15) is 11.8 Å². The summed E-state index contributed by atoms with van der Waals surface area (Å²) in [5, 5.41) is 4.31. The van der Waals surface area contributed by atoms with Gasteiger partial charge in [0.15, 0.2) is 5.54 Å². The van der Waals surface area contributed by atoms with Crippen LogP contribution in [-0.2, 0) is 28.1 Å². The second kappa shape index (κ2) is 8.06. The number of ether oxygens (including phenoxy) is 1. The molecule has 2 aliphatic heterocycles. The van der Waals surface area contributed by atoms with E-state index >= 15 is 0 Å². The van der Waals surface area contributed by atoms with Crippen LogP contribution in [0.15, 0.2) is 42.5 Å². The molecule has 2 atom stereocenters. The van der Waals surface area contributed by atoms with E-state index in [2.05, 4.69) is 10.3 Å². The number of H-pyrrole nitrogens is 1. The maximum atomic E-state index is 13.7. The molecule has 5 rings (SSSR count). The van der Waals surface area contributed by atoms with E-state index < -0.39 is 29.4 Å². The first-order valence-electron chi connectivity index (χ1n) is 11.1. The highest BCUT2D eigenvalue weighted by Gasteiger charge is 2.60. The minimum Gasteiger partial charge on any atom is -0.497 e. The number of hydrogen-bond acceptors (Lipinski definition) is 4. The van der Waals surface area contributed by atoms with Crippen molar-refractivity contribution in [3.63, 3.8) is 0 Å². The zero-order valence-electron chi connectivity index (χ0n) is 19.1. The highest BCUT2D eigenvalue weighted by atomic mass is 35.5. The summed E-state index contributed by atoms with van der Waals surface area (Å²) in [5.74, 6) is -0.120. The minimum atomic E-state index is -1.21. The van der Waals surface area contributed by atoms with Gasteiger partial charge in [0.25, 0.3) is 5.91 Å². The number of benzene rings is 2. The number of aromatic nitrogens is 1. The third-order valence-electron chi connectivity index (χ3n) is 6.98. The second-order valence-corrected chi connectivity index (χ2v) is 9.21. The number of hydrogen-bond donors (Lipinski definition) is 2. The Hall–Kier alpha value is -3.52. The molecule has 0 spiro atoms. The summed E-state index contributed by atoms with van der Waals surface area (Å²) in [6, 6.07) is 11.5. The molecule has 0 unspecified atom stereocenters. The van der Waals surface area contributed by atoms with Crippen molar-refractivity contribution >= 4 is 40.3 Å². The summed E-state index contributed by atoms with van der Waals surface area (Å²) in [6.07, 6.45) is 0.595. The number of methoxy groups -OCH3 is 1. The Morgan fingerprint density at radius 3 is 2.76 bits per heavy atom. The van der Waals surface area contributed by atoms with Gasteiger partial charge in [-0.25, -0.2) is 9.69 Å². The highest BCUT2D eigenvalue weighted by molar-refractivity contribution is 6.31.